The molecule has 0 bridgehead atoms. The molecule has 0 aromatic rings. The molecule has 0 heterocycles. The van der Waals surface area contributed by atoms with Crippen molar-refractivity contribution in [2.45, 2.75) is 103 Å². The fourth-order valence-electron chi connectivity index (χ4n) is 4.20. The second-order valence-electron chi connectivity index (χ2n) is 10.3. The van der Waals surface area contributed by atoms with Gasteiger partial charge in [-0.15, -0.1) is 5.12 Å². The number of carbonyl (C=O) groups excluding carboxylic acids is 4. The molecule has 2 amide bonds. The maximum Gasteiger partial charge on any atom is 0.333 e. The summed E-state index contributed by atoms with van der Waals surface area (Å²) in [5.41, 5.74) is 0.329. The zero-order valence-electron chi connectivity index (χ0n) is 26.4. The van der Waals surface area contributed by atoms with Crippen molar-refractivity contribution in [1.29, 1.82) is 10.5 Å². The molecule has 0 aliphatic heterocycles. The van der Waals surface area contributed by atoms with Crippen LogP contribution >= 0.6 is 0 Å². The Morgan fingerprint density at radius 1 is 0.636 bits per heavy atom. The van der Waals surface area contributed by atoms with E-state index in [1.54, 1.807) is 34.6 Å². The average molecular weight is 622 g/mol. The minimum atomic E-state index is -0.456. The van der Waals surface area contributed by atoms with Crippen LogP contribution in [-0.2, 0) is 38.1 Å². The maximum atomic E-state index is 12.0. The number of nitriles is 2. The Bertz CT molecular complexity index is 849. The zero-order chi connectivity index (χ0) is 32.7. The highest BCUT2D eigenvalue weighted by Crippen LogP contribution is 2.12. The molecule has 248 valence electrons. The van der Waals surface area contributed by atoms with E-state index in [-0.39, 0.29) is 19.2 Å². The lowest BCUT2D eigenvalue weighted by Crippen LogP contribution is -2.53. The summed E-state index contributed by atoms with van der Waals surface area (Å²) in [7, 11) is 0. The summed E-state index contributed by atoms with van der Waals surface area (Å²) in [6.45, 7) is 7.66. The van der Waals surface area contributed by atoms with Gasteiger partial charge in [-0.1, -0.05) is 38.7 Å². The number of rotatable bonds is 31. The minimum Gasteiger partial charge on any atom is -0.466 e. The van der Waals surface area contributed by atoms with E-state index in [2.05, 4.69) is 6.58 Å². The molecule has 13 nitrogen and oxygen atoms in total. The van der Waals surface area contributed by atoms with E-state index in [1.807, 2.05) is 0 Å². The fourth-order valence-corrected chi connectivity index (χ4v) is 4.20. The average Bonchev–Trinajstić information content (AvgIpc) is 3.02. The SMILES string of the molecule is C=C(C)C(=O)OCCCOC(=O)CCCCCCCN(N(C=O)CCCCCCOC#N)N(C=O)CCCCCCOC#N. The normalized spacial score (nSPS) is 10.3. The molecule has 0 aromatic carbocycles. The highest BCUT2D eigenvalue weighted by atomic mass is 16.5. The van der Waals surface area contributed by atoms with Gasteiger partial charge in [-0.3, -0.25) is 24.4 Å². The molecule has 0 aromatic heterocycles. The Morgan fingerprint density at radius 3 is 1.59 bits per heavy atom. The lowest BCUT2D eigenvalue weighted by atomic mass is 10.1. The van der Waals surface area contributed by atoms with Crippen molar-refractivity contribution >= 4 is 24.8 Å². The third-order valence-electron chi connectivity index (χ3n) is 6.61. The van der Waals surface area contributed by atoms with Gasteiger partial charge < -0.3 is 18.9 Å². The van der Waals surface area contributed by atoms with Gasteiger partial charge in [0.05, 0.1) is 13.2 Å². The van der Waals surface area contributed by atoms with Crippen LogP contribution in [0.2, 0.25) is 0 Å². The van der Waals surface area contributed by atoms with Crippen LogP contribution in [0.25, 0.3) is 0 Å². The molecule has 0 fully saturated rings. The van der Waals surface area contributed by atoms with Crippen molar-refractivity contribution in [1.82, 2.24) is 15.1 Å². The summed E-state index contributed by atoms with van der Waals surface area (Å²) < 4.78 is 19.5. The largest absolute Gasteiger partial charge is 0.466 e. The second-order valence-corrected chi connectivity index (χ2v) is 10.3. The number of esters is 2. The molecule has 44 heavy (non-hydrogen) atoms. The van der Waals surface area contributed by atoms with Crippen LogP contribution in [0.1, 0.15) is 103 Å². The lowest BCUT2D eigenvalue weighted by Gasteiger charge is -2.38. The van der Waals surface area contributed by atoms with Crippen LogP contribution in [0.4, 0.5) is 0 Å². The topological polar surface area (TPSA) is 162 Å². The van der Waals surface area contributed by atoms with Gasteiger partial charge in [-0.25, -0.2) is 4.79 Å². The van der Waals surface area contributed by atoms with Crippen molar-refractivity contribution in [2.24, 2.45) is 0 Å². The molecular formula is C31H51N5O8. The van der Waals surface area contributed by atoms with Gasteiger partial charge in [-0.05, 0) is 58.3 Å². The summed E-state index contributed by atoms with van der Waals surface area (Å²) in [4.78, 5) is 47.3. The number of hydrogen-bond donors (Lipinski definition) is 0. The first-order valence-corrected chi connectivity index (χ1v) is 15.6. The van der Waals surface area contributed by atoms with Gasteiger partial charge in [0.25, 0.3) is 12.5 Å². The molecule has 0 rings (SSSR count). The van der Waals surface area contributed by atoms with E-state index in [4.69, 9.17) is 29.5 Å². The van der Waals surface area contributed by atoms with E-state index in [0.717, 1.165) is 89.9 Å². The molecule has 0 aliphatic rings. The first-order chi connectivity index (χ1) is 21.4. The van der Waals surface area contributed by atoms with Gasteiger partial charge in [0.2, 0.25) is 12.8 Å². The van der Waals surface area contributed by atoms with Crippen molar-refractivity contribution in [3.05, 3.63) is 12.2 Å². The first-order valence-electron chi connectivity index (χ1n) is 15.6. The van der Waals surface area contributed by atoms with Crippen molar-refractivity contribution in [2.75, 3.05) is 46.1 Å². The molecule has 13 heteroatoms. The van der Waals surface area contributed by atoms with E-state index in [0.29, 0.717) is 57.7 Å². The summed E-state index contributed by atoms with van der Waals surface area (Å²) in [6, 6.07) is 0. The number of amides is 2. The highest BCUT2D eigenvalue weighted by Gasteiger charge is 2.20. The van der Waals surface area contributed by atoms with Gasteiger partial charge in [0.15, 0.2) is 0 Å². The van der Waals surface area contributed by atoms with Crippen molar-refractivity contribution in [3.63, 3.8) is 0 Å². The van der Waals surface area contributed by atoms with Crippen molar-refractivity contribution < 1.29 is 38.1 Å². The third-order valence-corrected chi connectivity index (χ3v) is 6.61. The first kappa shape index (κ1) is 40.2. The minimum absolute atomic E-state index is 0.177. The van der Waals surface area contributed by atoms with E-state index < -0.39 is 5.97 Å². The molecule has 0 radical (unpaired) electrons. The Hall–Kier alpha value is -3.84. The molecule has 0 aliphatic carbocycles. The van der Waals surface area contributed by atoms with Gasteiger partial charge in [0, 0.05) is 38.0 Å². The molecule has 0 N–H and O–H groups in total. The van der Waals surface area contributed by atoms with Crippen LogP contribution < -0.4 is 0 Å². The summed E-state index contributed by atoms with van der Waals surface area (Å²) in [6.07, 6.45) is 16.2. The predicted molar refractivity (Wildman–Crippen MR) is 161 cm³/mol. The van der Waals surface area contributed by atoms with Crippen LogP contribution in [0.15, 0.2) is 12.2 Å². The van der Waals surface area contributed by atoms with Crippen LogP contribution in [0.3, 0.4) is 0 Å². The molecule has 0 spiro atoms. The van der Waals surface area contributed by atoms with Crippen LogP contribution in [0.5, 0.6) is 0 Å². The quantitative estimate of drug-likeness (QED) is 0.0267. The van der Waals surface area contributed by atoms with E-state index >= 15 is 0 Å². The Labute approximate surface area is 262 Å². The summed E-state index contributed by atoms with van der Waals surface area (Å²) in [5, 5.41) is 21.7. The third kappa shape index (κ3) is 22.7. The highest BCUT2D eigenvalue weighted by molar-refractivity contribution is 5.86. The number of nitrogens with zero attached hydrogens (tertiary/aromatic N) is 5. The Morgan fingerprint density at radius 2 is 1.09 bits per heavy atom. The number of hydrogen-bond acceptors (Lipinski definition) is 11. The molecule has 0 unspecified atom stereocenters. The standard InChI is InChI=1S/C31H51N5O8/c1-29(2)31(40)44-24-16-23-43-30(39)17-10-4-3-5-13-20-36(34(27-37)18-11-6-8-14-21-41-25-32)35(28-38)19-12-7-9-15-22-42-26-33/h27-28H,1,3-24H2,2H3. The van der Waals surface area contributed by atoms with Crippen molar-refractivity contribution in [3.8, 4) is 12.5 Å². The Balaban J connectivity index is 4.54. The molecule has 0 saturated heterocycles. The van der Waals surface area contributed by atoms with Gasteiger partial charge in [-0.2, -0.15) is 10.5 Å². The fraction of sp³-hybridized carbons (Fsp3) is 0.742. The van der Waals surface area contributed by atoms with Gasteiger partial charge in [0.1, 0.15) is 13.2 Å². The number of unbranched alkanes of at least 4 members (excludes halogenated alkanes) is 10. The number of ether oxygens (including phenoxy) is 4. The molecular weight excluding hydrogens is 570 g/mol. The van der Waals surface area contributed by atoms with Crippen LogP contribution in [0, 0.1) is 23.0 Å². The maximum absolute atomic E-state index is 12.0. The predicted octanol–water partition coefficient (Wildman–Crippen LogP) is 4.54. The summed E-state index contributed by atoms with van der Waals surface area (Å²) in [5.74, 6) is -0.733. The monoisotopic (exact) mass is 621 g/mol. The second kappa shape index (κ2) is 29.2. The zero-order valence-corrected chi connectivity index (χ0v) is 26.4. The van der Waals surface area contributed by atoms with Gasteiger partial charge >= 0.3 is 11.9 Å². The van der Waals surface area contributed by atoms with E-state index in [9.17, 15) is 19.2 Å². The Kier molecular flexibility index (Phi) is 26.7. The number of hydrazine groups is 2. The van der Waals surface area contributed by atoms with E-state index in [1.165, 1.54) is 0 Å². The smallest absolute Gasteiger partial charge is 0.333 e. The lowest BCUT2D eigenvalue weighted by molar-refractivity contribution is -0.186. The number of carbonyl (C=O) groups is 4. The molecule has 0 atom stereocenters. The van der Waals surface area contributed by atoms with Crippen LogP contribution in [-0.4, -0.2) is 86.0 Å². The summed E-state index contributed by atoms with van der Waals surface area (Å²) >= 11 is 0. The molecule has 0 saturated carbocycles.